The van der Waals surface area contributed by atoms with Gasteiger partial charge in [-0.2, -0.15) is 8.78 Å². The van der Waals surface area contributed by atoms with Crippen LogP contribution in [-0.2, 0) is 6.54 Å². The molecule has 0 aliphatic rings. The summed E-state index contributed by atoms with van der Waals surface area (Å²) in [6, 6.07) is 16.5. The van der Waals surface area contributed by atoms with E-state index in [1.165, 1.54) is 22.2 Å². The average Bonchev–Trinajstić information content (AvgIpc) is 3.28. The van der Waals surface area contributed by atoms with Gasteiger partial charge < -0.3 is 0 Å². The van der Waals surface area contributed by atoms with Crippen LogP contribution in [0.3, 0.4) is 0 Å². The first-order valence-electron chi connectivity index (χ1n) is 9.32. The highest BCUT2D eigenvalue weighted by Crippen LogP contribution is 2.35. The van der Waals surface area contributed by atoms with Crippen molar-refractivity contribution in [2.24, 2.45) is 0 Å². The van der Waals surface area contributed by atoms with Crippen molar-refractivity contribution in [3.63, 3.8) is 0 Å². The molecule has 0 saturated heterocycles. The van der Waals surface area contributed by atoms with Crippen molar-refractivity contribution in [1.29, 1.82) is 0 Å². The number of aromatic nitrogens is 4. The van der Waals surface area contributed by atoms with E-state index in [0.717, 1.165) is 20.6 Å². The Morgan fingerprint density at radius 2 is 1.80 bits per heavy atom. The van der Waals surface area contributed by atoms with Gasteiger partial charge in [0.2, 0.25) is 0 Å². The Bertz CT molecular complexity index is 1440. The van der Waals surface area contributed by atoms with Gasteiger partial charge in [-0.3, -0.25) is 13.9 Å². The van der Waals surface area contributed by atoms with Gasteiger partial charge in [0, 0.05) is 4.88 Å². The predicted octanol–water partition coefficient (Wildman–Crippen LogP) is 5.23. The highest BCUT2D eigenvalue weighted by atomic mass is 32.1. The lowest BCUT2D eigenvalue weighted by atomic mass is 10.1. The number of fused-ring (bicyclic) bond motifs is 2. The molecule has 0 bridgehead atoms. The van der Waals surface area contributed by atoms with Crippen LogP contribution in [0.1, 0.15) is 17.9 Å². The molecule has 0 radical (unpaired) electrons. The third-order valence-electron chi connectivity index (χ3n) is 5.13. The van der Waals surface area contributed by atoms with Gasteiger partial charge in [-0.1, -0.05) is 42.5 Å². The number of thiophene rings is 1. The number of imidazole rings is 1. The SMILES string of the molecule is Cc1c(-c2ccccc2)sc2ncn(Cc3nc4ccccc4n3C(F)F)c(=O)c12. The zero-order valence-electron chi connectivity index (χ0n) is 15.9. The van der Waals surface area contributed by atoms with E-state index in [4.69, 9.17) is 0 Å². The molecule has 0 saturated carbocycles. The molecule has 5 rings (SSSR count). The minimum atomic E-state index is -2.76. The lowest BCUT2D eigenvalue weighted by Gasteiger charge is -2.09. The summed E-state index contributed by atoms with van der Waals surface area (Å²) in [5, 5.41) is 0.515. The highest BCUT2D eigenvalue weighted by molar-refractivity contribution is 7.22. The highest BCUT2D eigenvalue weighted by Gasteiger charge is 2.20. The first-order chi connectivity index (χ1) is 14.5. The Labute approximate surface area is 173 Å². The first-order valence-corrected chi connectivity index (χ1v) is 10.1. The minimum absolute atomic E-state index is 0.0866. The topological polar surface area (TPSA) is 52.7 Å². The minimum Gasteiger partial charge on any atom is -0.291 e. The van der Waals surface area contributed by atoms with Gasteiger partial charge in [-0.25, -0.2) is 9.97 Å². The van der Waals surface area contributed by atoms with Gasteiger partial charge in [0.15, 0.2) is 0 Å². The van der Waals surface area contributed by atoms with Gasteiger partial charge in [-0.15, -0.1) is 11.3 Å². The van der Waals surface area contributed by atoms with E-state index in [9.17, 15) is 13.6 Å². The zero-order valence-corrected chi connectivity index (χ0v) is 16.7. The molecule has 150 valence electrons. The maximum atomic E-state index is 13.7. The van der Waals surface area contributed by atoms with Crippen molar-refractivity contribution in [2.75, 3.05) is 0 Å². The number of hydrogen-bond donors (Lipinski definition) is 0. The fourth-order valence-electron chi connectivity index (χ4n) is 3.71. The van der Waals surface area contributed by atoms with E-state index in [1.807, 2.05) is 37.3 Å². The molecule has 30 heavy (non-hydrogen) atoms. The van der Waals surface area contributed by atoms with Gasteiger partial charge in [-0.05, 0) is 30.2 Å². The van der Waals surface area contributed by atoms with E-state index in [-0.39, 0.29) is 17.9 Å². The van der Waals surface area contributed by atoms with Crippen molar-refractivity contribution in [1.82, 2.24) is 19.1 Å². The molecular weight excluding hydrogens is 406 g/mol. The molecule has 0 unspecified atom stereocenters. The van der Waals surface area contributed by atoms with Gasteiger partial charge in [0.1, 0.15) is 10.7 Å². The molecule has 0 aliphatic heterocycles. The number of nitrogens with zero attached hydrogens (tertiary/aromatic N) is 4. The van der Waals surface area contributed by atoms with Crippen LogP contribution in [0.25, 0.3) is 31.7 Å². The van der Waals surface area contributed by atoms with Crippen LogP contribution in [0.15, 0.2) is 65.7 Å². The lowest BCUT2D eigenvalue weighted by molar-refractivity contribution is 0.0711. The molecule has 0 aliphatic carbocycles. The van der Waals surface area contributed by atoms with Crippen molar-refractivity contribution in [3.05, 3.63) is 82.7 Å². The number of hydrogen-bond acceptors (Lipinski definition) is 4. The Kier molecular flexibility index (Phi) is 4.43. The molecule has 3 aromatic heterocycles. The fourth-order valence-corrected chi connectivity index (χ4v) is 4.86. The second-order valence-electron chi connectivity index (χ2n) is 6.94. The molecule has 5 nitrogen and oxygen atoms in total. The molecule has 0 atom stereocenters. The van der Waals surface area contributed by atoms with Crippen LogP contribution in [0.4, 0.5) is 8.78 Å². The number of benzene rings is 2. The third-order valence-corrected chi connectivity index (χ3v) is 6.38. The second kappa shape index (κ2) is 7.14. The summed E-state index contributed by atoms with van der Waals surface area (Å²) in [6.07, 6.45) is 1.41. The Morgan fingerprint density at radius 3 is 2.57 bits per heavy atom. The first kappa shape index (κ1) is 18.6. The van der Waals surface area contributed by atoms with Crippen LogP contribution in [0.5, 0.6) is 0 Å². The number of rotatable bonds is 4. The average molecular weight is 422 g/mol. The van der Waals surface area contributed by atoms with E-state index >= 15 is 0 Å². The number of para-hydroxylation sites is 2. The van der Waals surface area contributed by atoms with Crippen molar-refractivity contribution in [3.8, 4) is 10.4 Å². The Morgan fingerprint density at radius 1 is 1.07 bits per heavy atom. The summed E-state index contributed by atoms with van der Waals surface area (Å²) in [7, 11) is 0. The van der Waals surface area contributed by atoms with E-state index < -0.39 is 6.55 Å². The third kappa shape index (κ3) is 2.91. The fraction of sp³-hybridized carbons (Fsp3) is 0.136. The van der Waals surface area contributed by atoms with Crippen LogP contribution in [0.2, 0.25) is 0 Å². The number of halogens is 2. The number of aryl methyl sites for hydroxylation is 1. The maximum Gasteiger partial charge on any atom is 0.320 e. The maximum absolute atomic E-state index is 13.7. The smallest absolute Gasteiger partial charge is 0.291 e. The summed E-state index contributed by atoms with van der Waals surface area (Å²) >= 11 is 1.45. The lowest BCUT2D eigenvalue weighted by Crippen LogP contribution is -2.23. The molecule has 5 aromatic rings. The standard InChI is InChI=1S/C22H16F2N4OS/c1-13-18-20(30-19(13)14-7-3-2-4-8-14)25-12-27(21(18)29)11-17-26-15-9-5-6-10-16(15)28(17)22(23)24/h2-10,12,22H,11H2,1H3. The van der Waals surface area contributed by atoms with Crippen LogP contribution >= 0.6 is 11.3 Å². The van der Waals surface area contributed by atoms with Gasteiger partial charge in [0.05, 0.1) is 29.3 Å². The summed E-state index contributed by atoms with van der Waals surface area (Å²) in [5.41, 5.74) is 2.40. The van der Waals surface area contributed by atoms with Crippen molar-refractivity contribution >= 4 is 32.6 Å². The van der Waals surface area contributed by atoms with Gasteiger partial charge in [0.25, 0.3) is 5.56 Å². The molecule has 0 N–H and O–H groups in total. The summed E-state index contributed by atoms with van der Waals surface area (Å²) in [6.45, 7) is -0.952. The quantitative estimate of drug-likeness (QED) is 0.399. The van der Waals surface area contributed by atoms with E-state index in [1.54, 1.807) is 24.3 Å². The van der Waals surface area contributed by atoms with Crippen LogP contribution < -0.4 is 5.56 Å². The normalized spacial score (nSPS) is 11.7. The summed E-state index contributed by atoms with van der Waals surface area (Å²) < 4.78 is 29.7. The summed E-state index contributed by atoms with van der Waals surface area (Å²) in [5.74, 6) is 0.116. The molecule has 0 spiro atoms. The van der Waals surface area contributed by atoms with Crippen LogP contribution in [-0.4, -0.2) is 19.1 Å². The van der Waals surface area contributed by atoms with Crippen LogP contribution in [0, 0.1) is 6.92 Å². The Balaban J connectivity index is 1.64. The second-order valence-corrected chi connectivity index (χ2v) is 7.94. The zero-order chi connectivity index (χ0) is 20.8. The Hall–Kier alpha value is -3.39. The molecule has 3 heterocycles. The number of alkyl halides is 2. The summed E-state index contributed by atoms with van der Waals surface area (Å²) in [4.78, 5) is 23.6. The van der Waals surface area contributed by atoms with Gasteiger partial charge >= 0.3 is 6.55 Å². The van der Waals surface area contributed by atoms with Crippen molar-refractivity contribution < 1.29 is 8.78 Å². The molecule has 0 fully saturated rings. The van der Waals surface area contributed by atoms with E-state index in [2.05, 4.69) is 9.97 Å². The monoisotopic (exact) mass is 422 g/mol. The van der Waals surface area contributed by atoms with Crippen molar-refractivity contribution in [2.45, 2.75) is 20.0 Å². The molecule has 2 aromatic carbocycles. The predicted molar refractivity (Wildman–Crippen MR) is 114 cm³/mol. The molecular formula is C22H16F2N4OS. The molecule has 8 heteroatoms. The molecule has 0 amide bonds. The largest absolute Gasteiger partial charge is 0.320 e. The van der Waals surface area contributed by atoms with E-state index in [0.29, 0.717) is 21.3 Å².